The van der Waals surface area contributed by atoms with E-state index < -0.39 is 0 Å². The third-order valence-corrected chi connectivity index (χ3v) is 2.93. The van der Waals surface area contributed by atoms with Gasteiger partial charge in [-0.25, -0.2) is 0 Å². The molecule has 96 valence electrons. The standard InChI is InChI=1S/C10H6Cl2N6O/c11-4-1-5(8(13)6(12)2-4)10-15-9(17-19-10)7-3-14-18-16-7/h1-3H,13H2,(H,14,16,18). The third kappa shape index (κ3) is 2.13. The van der Waals surface area contributed by atoms with Crippen LogP contribution in [-0.2, 0) is 0 Å². The number of hydrogen-bond donors (Lipinski definition) is 2. The van der Waals surface area contributed by atoms with E-state index in [1.165, 1.54) is 12.3 Å². The fourth-order valence-electron chi connectivity index (χ4n) is 1.51. The van der Waals surface area contributed by atoms with Crippen LogP contribution in [0.2, 0.25) is 10.0 Å². The maximum atomic E-state index is 5.95. The van der Waals surface area contributed by atoms with Crippen LogP contribution < -0.4 is 5.73 Å². The molecular weight excluding hydrogens is 291 g/mol. The van der Waals surface area contributed by atoms with Gasteiger partial charge < -0.3 is 10.3 Å². The van der Waals surface area contributed by atoms with Crippen molar-refractivity contribution in [2.45, 2.75) is 0 Å². The fourth-order valence-corrected chi connectivity index (χ4v) is 2.00. The van der Waals surface area contributed by atoms with Gasteiger partial charge in [0.15, 0.2) is 5.69 Å². The molecule has 0 aliphatic heterocycles. The van der Waals surface area contributed by atoms with Gasteiger partial charge in [-0.3, -0.25) is 0 Å². The second-order valence-corrected chi connectivity index (χ2v) is 4.47. The Bertz CT molecular complexity index is 724. The predicted octanol–water partition coefficient (Wildman–Crippen LogP) is 2.41. The van der Waals surface area contributed by atoms with Gasteiger partial charge in [-0.2, -0.15) is 20.4 Å². The summed E-state index contributed by atoms with van der Waals surface area (Å²) >= 11 is 11.9. The highest BCUT2D eigenvalue weighted by atomic mass is 35.5. The molecule has 0 saturated heterocycles. The number of anilines is 1. The number of nitrogen functional groups attached to an aromatic ring is 1. The molecule has 2 aromatic heterocycles. The molecule has 19 heavy (non-hydrogen) atoms. The van der Waals surface area contributed by atoms with Gasteiger partial charge in [-0.1, -0.05) is 28.4 Å². The first-order chi connectivity index (χ1) is 9.15. The summed E-state index contributed by atoms with van der Waals surface area (Å²) in [4.78, 5) is 4.17. The number of nitrogens with one attached hydrogen (secondary N) is 1. The van der Waals surface area contributed by atoms with Crippen LogP contribution in [-0.4, -0.2) is 25.6 Å². The Morgan fingerprint density at radius 2 is 2.11 bits per heavy atom. The van der Waals surface area contributed by atoms with E-state index in [2.05, 4.69) is 25.6 Å². The van der Waals surface area contributed by atoms with E-state index in [1.807, 2.05) is 0 Å². The van der Waals surface area contributed by atoms with E-state index in [1.54, 1.807) is 6.07 Å². The topological polar surface area (TPSA) is 107 Å². The number of aromatic nitrogens is 5. The Morgan fingerprint density at radius 3 is 2.84 bits per heavy atom. The van der Waals surface area contributed by atoms with E-state index in [9.17, 15) is 0 Å². The second-order valence-electron chi connectivity index (χ2n) is 3.63. The molecule has 0 aliphatic carbocycles. The number of halogens is 2. The van der Waals surface area contributed by atoms with Gasteiger partial charge in [-0.15, -0.1) is 0 Å². The predicted molar refractivity (Wildman–Crippen MR) is 69.5 cm³/mol. The Hall–Kier alpha value is -2.12. The Labute approximate surface area is 116 Å². The van der Waals surface area contributed by atoms with Gasteiger partial charge in [0.05, 0.1) is 22.5 Å². The summed E-state index contributed by atoms with van der Waals surface area (Å²) in [5, 5.41) is 14.5. The van der Waals surface area contributed by atoms with Crippen molar-refractivity contribution in [3.63, 3.8) is 0 Å². The van der Waals surface area contributed by atoms with Gasteiger partial charge in [-0.05, 0) is 12.1 Å². The van der Waals surface area contributed by atoms with Crippen molar-refractivity contribution in [1.29, 1.82) is 0 Å². The molecule has 0 atom stereocenters. The van der Waals surface area contributed by atoms with E-state index in [0.29, 0.717) is 32.8 Å². The fraction of sp³-hybridized carbons (Fsp3) is 0. The molecule has 3 aromatic rings. The normalized spacial score (nSPS) is 10.8. The highest BCUT2D eigenvalue weighted by Gasteiger charge is 2.16. The maximum Gasteiger partial charge on any atom is 0.260 e. The lowest BCUT2D eigenvalue weighted by molar-refractivity contribution is 0.432. The smallest absolute Gasteiger partial charge is 0.260 e. The summed E-state index contributed by atoms with van der Waals surface area (Å²) in [6.45, 7) is 0. The van der Waals surface area contributed by atoms with Crippen molar-refractivity contribution in [3.05, 3.63) is 28.4 Å². The first-order valence-corrected chi connectivity index (χ1v) is 5.85. The van der Waals surface area contributed by atoms with Gasteiger partial charge in [0.1, 0.15) is 0 Å². The summed E-state index contributed by atoms with van der Waals surface area (Å²) in [7, 11) is 0. The number of nitrogens with zero attached hydrogens (tertiary/aromatic N) is 4. The lowest BCUT2D eigenvalue weighted by atomic mass is 10.2. The molecule has 1 aromatic carbocycles. The first-order valence-electron chi connectivity index (χ1n) is 5.10. The van der Waals surface area contributed by atoms with Crippen molar-refractivity contribution in [1.82, 2.24) is 25.6 Å². The van der Waals surface area contributed by atoms with Crippen LogP contribution in [0.25, 0.3) is 23.0 Å². The maximum absolute atomic E-state index is 5.95. The van der Waals surface area contributed by atoms with Crippen molar-refractivity contribution in [3.8, 4) is 23.0 Å². The summed E-state index contributed by atoms with van der Waals surface area (Å²) in [5.41, 5.74) is 7.11. The number of benzene rings is 1. The lowest BCUT2D eigenvalue weighted by Gasteiger charge is -2.03. The average Bonchev–Trinajstić information content (AvgIpc) is 3.03. The molecule has 0 fully saturated rings. The van der Waals surface area contributed by atoms with E-state index in [0.717, 1.165) is 0 Å². The molecule has 0 aliphatic rings. The molecule has 2 heterocycles. The molecule has 0 spiro atoms. The minimum atomic E-state index is 0.208. The monoisotopic (exact) mass is 296 g/mol. The van der Waals surface area contributed by atoms with E-state index >= 15 is 0 Å². The van der Waals surface area contributed by atoms with Crippen LogP contribution in [0, 0.1) is 0 Å². The quantitative estimate of drug-likeness (QED) is 0.703. The molecule has 7 nitrogen and oxygen atoms in total. The Balaban J connectivity index is 2.09. The van der Waals surface area contributed by atoms with Crippen LogP contribution in [0.1, 0.15) is 0 Å². The van der Waals surface area contributed by atoms with Crippen LogP contribution in [0.4, 0.5) is 5.69 Å². The average molecular weight is 297 g/mol. The van der Waals surface area contributed by atoms with Crippen LogP contribution >= 0.6 is 23.2 Å². The van der Waals surface area contributed by atoms with Crippen LogP contribution in [0.3, 0.4) is 0 Å². The number of H-pyrrole nitrogens is 1. The zero-order valence-electron chi connectivity index (χ0n) is 9.26. The molecule has 0 radical (unpaired) electrons. The first kappa shape index (κ1) is 11.9. The molecule has 0 unspecified atom stereocenters. The molecule has 9 heteroatoms. The minimum Gasteiger partial charge on any atom is -0.397 e. The number of nitrogens with two attached hydrogens (primary N) is 1. The van der Waals surface area contributed by atoms with Gasteiger partial charge in [0.2, 0.25) is 5.82 Å². The summed E-state index contributed by atoms with van der Waals surface area (Å²) in [6.07, 6.45) is 1.48. The summed E-state index contributed by atoms with van der Waals surface area (Å²) in [5.74, 6) is 0.499. The summed E-state index contributed by atoms with van der Waals surface area (Å²) < 4.78 is 5.13. The van der Waals surface area contributed by atoms with Crippen molar-refractivity contribution in [2.24, 2.45) is 0 Å². The van der Waals surface area contributed by atoms with Crippen molar-refractivity contribution < 1.29 is 4.52 Å². The zero-order valence-corrected chi connectivity index (χ0v) is 10.8. The number of rotatable bonds is 2. The molecule has 0 saturated carbocycles. The highest BCUT2D eigenvalue weighted by molar-refractivity contribution is 6.37. The SMILES string of the molecule is Nc1c(Cl)cc(Cl)cc1-c1nc(-c2cn[nH]n2)no1. The zero-order chi connectivity index (χ0) is 13.4. The van der Waals surface area contributed by atoms with E-state index in [-0.39, 0.29) is 5.89 Å². The Kier molecular flexibility index (Phi) is 2.84. The third-order valence-electron chi connectivity index (χ3n) is 2.39. The highest BCUT2D eigenvalue weighted by Crippen LogP contribution is 2.34. The summed E-state index contributed by atoms with van der Waals surface area (Å²) in [6, 6.07) is 3.14. The van der Waals surface area contributed by atoms with Gasteiger partial charge in [0, 0.05) is 5.02 Å². The van der Waals surface area contributed by atoms with Crippen LogP contribution in [0.5, 0.6) is 0 Å². The number of hydrogen-bond acceptors (Lipinski definition) is 6. The molecule has 0 bridgehead atoms. The Morgan fingerprint density at radius 1 is 1.26 bits per heavy atom. The largest absolute Gasteiger partial charge is 0.397 e. The molecular formula is C10H6Cl2N6O. The van der Waals surface area contributed by atoms with Gasteiger partial charge >= 0.3 is 0 Å². The second kappa shape index (κ2) is 4.52. The molecule has 0 amide bonds. The van der Waals surface area contributed by atoms with E-state index in [4.69, 9.17) is 33.5 Å². The molecule has 3 rings (SSSR count). The van der Waals surface area contributed by atoms with Gasteiger partial charge in [0.25, 0.3) is 5.89 Å². The van der Waals surface area contributed by atoms with Crippen molar-refractivity contribution >= 4 is 28.9 Å². The lowest BCUT2D eigenvalue weighted by Crippen LogP contribution is -1.92. The molecule has 3 N–H and O–H groups in total. The number of aromatic amines is 1. The van der Waals surface area contributed by atoms with Crippen molar-refractivity contribution in [2.75, 3.05) is 5.73 Å². The van der Waals surface area contributed by atoms with Crippen LogP contribution in [0.15, 0.2) is 22.9 Å². The minimum absolute atomic E-state index is 0.208.